The van der Waals surface area contributed by atoms with E-state index in [1.807, 2.05) is 0 Å². The lowest BCUT2D eigenvalue weighted by Gasteiger charge is -1.94. The highest BCUT2D eigenvalue weighted by Crippen LogP contribution is 2.09. The van der Waals surface area contributed by atoms with Gasteiger partial charge in [-0.3, -0.25) is 4.99 Å². The van der Waals surface area contributed by atoms with Gasteiger partial charge in [-0.1, -0.05) is 11.6 Å². The van der Waals surface area contributed by atoms with Gasteiger partial charge in [-0.25, -0.2) is 4.99 Å². The molecular formula is C7H10ClFN2. The second-order valence-corrected chi connectivity index (χ2v) is 2.52. The van der Waals surface area contributed by atoms with Crippen LogP contribution in [-0.2, 0) is 0 Å². The fraction of sp³-hybridized carbons (Fsp3) is 0.429. The molecule has 62 valence electrons. The van der Waals surface area contributed by atoms with Gasteiger partial charge in [-0.15, -0.1) is 0 Å². The molecule has 0 aliphatic heterocycles. The van der Waals surface area contributed by atoms with Gasteiger partial charge in [0.2, 0.25) is 5.97 Å². The van der Waals surface area contributed by atoms with Gasteiger partial charge >= 0.3 is 0 Å². The SMILES string of the molecule is C\N=C/N=C(F)\C(C)=C(/C)Cl. The van der Waals surface area contributed by atoms with Gasteiger partial charge in [0.05, 0.1) is 0 Å². The van der Waals surface area contributed by atoms with Crippen LogP contribution in [0.25, 0.3) is 0 Å². The fourth-order valence-corrected chi connectivity index (χ4v) is 0.425. The first-order valence-electron chi connectivity index (χ1n) is 3.07. The second kappa shape index (κ2) is 5.02. The monoisotopic (exact) mass is 176 g/mol. The number of aliphatic imine (C=N–C) groups is 2. The van der Waals surface area contributed by atoms with Crippen LogP contribution >= 0.6 is 11.6 Å². The Hall–Kier alpha value is -0.700. The minimum absolute atomic E-state index is 0.339. The molecule has 0 radical (unpaired) electrons. The van der Waals surface area contributed by atoms with E-state index in [1.165, 1.54) is 7.05 Å². The van der Waals surface area contributed by atoms with E-state index in [0.717, 1.165) is 6.34 Å². The Labute approximate surface area is 70.5 Å². The minimum atomic E-state index is -0.594. The van der Waals surface area contributed by atoms with E-state index in [-0.39, 0.29) is 0 Å². The topological polar surface area (TPSA) is 24.7 Å². The molecule has 0 aliphatic rings. The molecule has 0 saturated heterocycles. The summed E-state index contributed by atoms with van der Waals surface area (Å²) < 4.78 is 12.8. The molecule has 0 heterocycles. The molecule has 0 aromatic carbocycles. The summed E-state index contributed by atoms with van der Waals surface area (Å²) >= 11 is 5.52. The smallest absolute Gasteiger partial charge is 0.218 e. The third-order valence-corrected chi connectivity index (χ3v) is 1.40. The quantitative estimate of drug-likeness (QED) is 0.456. The third-order valence-electron chi connectivity index (χ3n) is 1.11. The van der Waals surface area contributed by atoms with Crippen molar-refractivity contribution < 1.29 is 4.39 Å². The zero-order valence-corrected chi connectivity index (χ0v) is 7.48. The molecule has 0 spiro atoms. The Bertz CT molecular complexity index is 214. The van der Waals surface area contributed by atoms with Crippen LogP contribution < -0.4 is 0 Å². The normalized spacial score (nSPS) is 15.5. The summed E-state index contributed by atoms with van der Waals surface area (Å²) in [4.78, 5) is 6.88. The summed E-state index contributed by atoms with van der Waals surface area (Å²) in [6, 6.07) is 0. The molecule has 0 atom stereocenters. The lowest BCUT2D eigenvalue weighted by atomic mass is 10.3. The molecule has 0 aliphatic carbocycles. The van der Waals surface area contributed by atoms with Crippen molar-refractivity contribution in [3.63, 3.8) is 0 Å². The first kappa shape index (κ1) is 10.3. The van der Waals surface area contributed by atoms with Crippen molar-refractivity contribution in [2.45, 2.75) is 13.8 Å². The van der Waals surface area contributed by atoms with Gasteiger partial charge in [-0.2, -0.15) is 4.39 Å². The van der Waals surface area contributed by atoms with Crippen molar-refractivity contribution in [1.82, 2.24) is 0 Å². The number of halogens is 2. The van der Waals surface area contributed by atoms with E-state index < -0.39 is 5.97 Å². The van der Waals surface area contributed by atoms with Crippen molar-refractivity contribution in [3.8, 4) is 0 Å². The van der Waals surface area contributed by atoms with E-state index in [1.54, 1.807) is 13.8 Å². The van der Waals surface area contributed by atoms with Crippen molar-refractivity contribution in [3.05, 3.63) is 10.6 Å². The average Bonchev–Trinajstić information content (AvgIpc) is 1.98. The molecule has 0 unspecified atom stereocenters. The van der Waals surface area contributed by atoms with E-state index in [0.29, 0.717) is 10.6 Å². The Morgan fingerprint density at radius 3 is 2.36 bits per heavy atom. The average molecular weight is 177 g/mol. The minimum Gasteiger partial charge on any atom is -0.277 e. The van der Waals surface area contributed by atoms with E-state index in [9.17, 15) is 4.39 Å². The molecule has 0 N–H and O–H groups in total. The molecule has 0 bridgehead atoms. The Kier molecular flexibility index (Phi) is 4.70. The van der Waals surface area contributed by atoms with Crippen molar-refractivity contribution in [2.24, 2.45) is 9.98 Å². The van der Waals surface area contributed by atoms with Crippen LogP contribution in [0.1, 0.15) is 13.8 Å². The highest BCUT2D eigenvalue weighted by atomic mass is 35.5. The highest BCUT2D eigenvalue weighted by molar-refractivity contribution is 6.31. The summed E-state index contributed by atoms with van der Waals surface area (Å²) in [6.45, 7) is 3.17. The Balaban J connectivity index is 4.49. The molecule has 0 aromatic rings. The van der Waals surface area contributed by atoms with E-state index in [4.69, 9.17) is 11.6 Å². The van der Waals surface area contributed by atoms with Crippen molar-refractivity contribution >= 4 is 23.9 Å². The van der Waals surface area contributed by atoms with Crippen LogP contribution in [0.15, 0.2) is 20.6 Å². The summed E-state index contributed by atoms with van der Waals surface area (Å²) in [6.07, 6.45) is 1.14. The second-order valence-electron chi connectivity index (χ2n) is 1.95. The van der Waals surface area contributed by atoms with E-state index >= 15 is 0 Å². The maximum absolute atomic E-state index is 12.8. The summed E-state index contributed by atoms with van der Waals surface area (Å²) in [7, 11) is 1.52. The lowest BCUT2D eigenvalue weighted by molar-refractivity contribution is 0.805. The van der Waals surface area contributed by atoms with Gasteiger partial charge in [0.25, 0.3) is 0 Å². The lowest BCUT2D eigenvalue weighted by Crippen LogP contribution is -1.92. The zero-order chi connectivity index (χ0) is 8.85. The number of hydrogen-bond acceptors (Lipinski definition) is 1. The molecular weight excluding hydrogens is 167 g/mol. The molecule has 0 fully saturated rings. The predicted octanol–water partition coefficient (Wildman–Crippen LogP) is 2.55. The Morgan fingerprint density at radius 1 is 1.45 bits per heavy atom. The van der Waals surface area contributed by atoms with Crippen LogP contribution in [0.5, 0.6) is 0 Å². The summed E-state index contributed by atoms with van der Waals surface area (Å²) in [5, 5.41) is 0.399. The standard InChI is InChI=1S/C7H10ClFN2/c1-5(6(2)8)7(9)11-4-10-3/h4H,1-3H3/b6-5+,10-4-,11-7+. The first-order chi connectivity index (χ1) is 5.09. The molecule has 0 rings (SSSR count). The predicted molar refractivity (Wildman–Crippen MR) is 47.2 cm³/mol. The molecule has 0 amide bonds. The number of nitrogens with zero attached hydrogens (tertiary/aromatic N) is 2. The number of hydrogen-bond donors (Lipinski definition) is 0. The number of allylic oxidation sites excluding steroid dienone is 2. The summed E-state index contributed by atoms with van der Waals surface area (Å²) in [5.74, 6) is -0.594. The molecule has 0 aromatic heterocycles. The van der Waals surface area contributed by atoms with E-state index in [2.05, 4.69) is 9.98 Å². The maximum atomic E-state index is 12.8. The van der Waals surface area contributed by atoms with Gasteiger partial charge < -0.3 is 0 Å². The Morgan fingerprint density at radius 2 is 2.00 bits per heavy atom. The molecule has 0 saturated carbocycles. The molecule has 11 heavy (non-hydrogen) atoms. The van der Waals surface area contributed by atoms with Gasteiger partial charge in [0.1, 0.15) is 6.34 Å². The van der Waals surface area contributed by atoms with Crippen LogP contribution in [0.4, 0.5) is 4.39 Å². The van der Waals surface area contributed by atoms with Crippen LogP contribution in [-0.4, -0.2) is 19.4 Å². The summed E-state index contributed by atoms with van der Waals surface area (Å²) in [5.41, 5.74) is 0.339. The van der Waals surface area contributed by atoms with Crippen LogP contribution in [0.3, 0.4) is 0 Å². The number of rotatable bonds is 2. The molecule has 4 heteroatoms. The zero-order valence-electron chi connectivity index (χ0n) is 6.73. The van der Waals surface area contributed by atoms with Crippen molar-refractivity contribution in [2.75, 3.05) is 7.05 Å². The van der Waals surface area contributed by atoms with Crippen LogP contribution in [0.2, 0.25) is 0 Å². The van der Waals surface area contributed by atoms with Crippen LogP contribution in [0, 0.1) is 0 Å². The van der Waals surface area contributed by atoms with Gasteiger partial charge in [-0.05, 0) is 13.8 Å². The highest BCUT2D eigenvalue weighted by Gasteiger charge is 2.00. The fourth-order valence-electron chi connectivity index (χ4n) is 0.347. The molecule has 2 nitrogen and oxygen atoms in total. The van der Waals surface area contributed by atoms with Gasteiger partial charge in [0.15, 0.2) is 0 Å². The third kappa shape index (κ3) is 3.88. The van der Waals surface area contributed by atoms with Gasteiger partial charge in [0, 0.05) is 17.7 Å². The largest absolute Gasteiger partial charge is 0.277 e. The maximum Gasteiger partial charge on any atom is 0.218 e. The van der Waals surface area contributed by atoms with Crippen molar-refractivity contribution in [1.29, 1.82) is 0 Å². The first-order valence-corrected chi connectivity index (χ1v) is 3.44.